The molecule has 0 saturated carbocycles. The standard InChI is InChI=1S/C26H26N2O3/c1-18(29)28-13-12-20-6-4-5-7-24(20)25(28)16-26(30)27(2)17-19-8-9-22-15-23(31-3)11-10-21(22)14-19/h4-15,25H,16-17H2,1-3H3/t25-/m0/s1. The van der Waals surface area contributed by atoms with Gasteiger partial charge in [-0.25, -0.2) is 0 Å². The number of fused-ring (bicyclic) bond motifs is 2. The Labute approximate surface area is 182 Å². The Bertz CT molecular complexity index is 1170. The van der Waals surface area contributed by atoms with Gasteiger partial charge in [0.15, 0.2) is 0 Å². The predicted octanol–water partition coefficient (Wildman–Crippen LogP) is 4.77. The minimum Gasteiger partial charge on any atom is -0.497 e. The molecule has 158 valence electrons. The molecule has 0 fully saturated rings. The highest BCUT2D eigenvalue weighted by Crippen LogP contribution is 2.33. The van der Waals surface area contributed by atoms with Crippen molar-refractivity contribution in [2.75, 3.05) is 14.2 Å². The third-order valence-corrected chi connectivity index (χ3v) is 5.79. The van der Waals surface area contributed by atoms with E-state index in [4.69, 9.17) is 4.74 Å². The molecule has 2 amide bonds. The van der Waals surface area contributed by atoms with Crippen molar-refractivity contribution in [3.63, 3.8) is 0 Å². The van der Waals surface area contributed by atoms with Gasteiger partial charge in [-0.15, -0.1) is 0 Å². The van der Waals surface area contributed by atoms with Crippen LogP contribution in [-0.4, -0.2) is 35.8 Å². The highest BCUT2D eigenvalue weighted by Gasteiger charge is 2.29. The Kier molecular flexibility index (Phi) is 5.76. The summed E-state index contributed by atoms with van der Waals surface area (Å²) in [7, 11) is 3.47. The summed E-state index contributed by atoms with van der Waals surface area (Å²) in [4.78, 5) is 28.6. The summed E-state index contributed by atoms with van der Waals surface area (Å²) in [6, 6.07) is 19.8. The maximum atomic E-state index is 13.1. The van der Waals surface area contributed by atoms with Crippen molar-refractivity contribution in [3.8, 4) is 5.75 Å². The zero-order valence-corrected chi connectivity index (χ0v) is 18.0. The molecule has 3 aromatic carbocycles. The number of carbonyl (C=O) groups is 2. The van der Waals surface area contributed by atoms with Crippen molar-refractivity contribution in [2.45, 2.75) is 25.9 Å². The minimum absolute atomic E-state index is 0.00354. The normalized spacial score (nSPS) is 14.9. The number of carbonyl (C=O) groups excluding carboxylic acids is 2. The summed E-state index contributed by atoms with van der Waals surface area (Å²) in [6.07, 6.45) is 3.94. The van der Waals surface area contributed by atoms with E-state index in [1.165, 1.54) is 6.92 Å². The molecule has 0 N–H and O–H groups in total. The number of hydrogen-bond acceptors (Lipinski definition) is 3. The van der Waals surface area contributed by atoms with Crippen molar-refractivity contribution in [3.05, 3.63) is 83.6 Å². The highest BCUT2D eigenvalue weighted by molar-refractivity contribution is 5.85. The summed E-state index contributed by atoms with van der Waals surface area (Å²) in [5.74, 6) is 0.747. The molecule has 1 aliphatic heterocycles. The van der Waals surface area contributed by atoms with Crippen molar-refractivity contribution in [2.24, 2.45) is 0 Å². The van der Waals surface area contributed by atoms with E-state index in [1.807, 2.05) is 67.7 Å². The largest absolute Gasteiger partial charge is 0.497 e. The number of ether oxygens (including phenoxy) is 1. The van der Waals surface area contributed by atoms with Gasteiger partial charge in [0.05, 0.1) is 19.6 Å². The Balaban J connectivity index is 1.51. The van der Waals surface area contributed by atoms with Gasteiger partial charge in [0.25, 0.3) is 0 Å². The molecule has 0 saturated heterocycles. The van der Waals surface area contributed by atoms with E-state index in [0.29, 0.717) is 6.54 Å². The van der Waals surface area contributed by atoms with E-state index >= 15 is 0 Å². The second kappa shape index (κ2) is 8.64. The fourth-order valence-electron chi connectivity index (χ4n) is 4.10. The summed E-state index contributed by atoms with van der Waals surface area (Å²) in [5.41, 5.74) is 3.10. The molecule has 0 radical (unpaired) electrons. The van der Waals surface area contributed by atoms with Gasteiger partial charge in [0.1, 0.15) is 5.75 Å². The van der Waals surface area contributed by atoms with Gasteiger partial charge in [-0.2, -0.15) is 0 Å². The Morgan fingerprint density at radius 3 is 2.55 bits per heavy atom. The lowest BCUT2D eigenvalue weighted by Gasteiger charge is -2.33. The van der Waals surface area contributed by atoms with Gasteiger partial charge in [-0.1, -0.05) is 42.5 Å². The lowest BCUT2D eigenvalue weighted by Crippen LogP contribution is -2.35. The van der Waals surface area contributed by atoms with Gasteiger partial charge in [0, 0.05) is 26.7 Å². The van der Waals surface area contributed by atoms with Crippen molar-refractivity contribution >= 4 is 28.7 Å². The van der Waals surface area contributed by atoms with Crippen molar-refractivity contribution in [1.29, 1.82) is 0 Å². The van der Waals surface area contributed by atoms with Gasteiger partial charge < -0.3 is 14.5 Å². The van der Waals surface area contributed by atoms with Crippen LogP contribution >= 0.6 is 0 Å². The highest BCUT2D eigenvalue weighted by atomic mass is 16.5. The van der Waals surface area contributed by atoms with E-state index in [9.17, 15) is 9.59 Å². The molecule has 4 rings (SSSR count). The van der Waals surface area contributed by atoms with E-state index < -0.39 is 0 Å². The average molecular weight is 415 g/mol. The number of rotatable bonds is 5. The van der Waals surface area contributed by atoms with E-state index in [2.05, 4.69) is 6.07 Å². The third kappa shape index (κ3) is 4.31. The maximum absolute atomic E-state index is 13.1. The first-order valence-electron chi connectivity index (χ1n) is 10.3. The number of nitrogens with zero attached hydrogens (tertiary/aromatic N) is 2. The van der Waals surface area contributed by atoms with Crippen LogP contribution in [0.2, 0.25) is 0 Å². The molecule has 5 heteroatoms. The Hall–Kier alpha value is -3.60. The number of methoxy groups -OCH3 is 1. The molecule has 0 bridgehead atoms. The molecular formula is C26H26N2O3. The number of benzene rings is 3. The first-order valence-corrected chi connectivity index (χ1v) is 10.3. The molecule has 3 aromatic rings. The van der Waals surface area contributed by atoms with Gasteiger partial charge >= 0.3 is 0 Å². The minimum atomic E-state index is -0.294. The molecule has 0 aliphatic carbocycles. The topological polar surface area (TPSA) is 49.9 Å². The summed E-state index contributed by atoms with van der Waals surface area (Å²) in [5, 5.41) is 2.20. The van der Waals surface area contributed by atoms with Crippen molar-refractivity contribution in [1.82, 2.24) is 9.80 Å². The van der Waals surface area contributed by atoms with Crippen LogP contribution in [0.5, 0.6) is 5.75 Å². The molecule has 1 heterocycles. The van der Waals surface area contributed by atoms with Crippen LogP contribution < -0.4 is 4.74 Å². The zero-order valence-electron chi connectivity index (χ0n) is 18.0. The molecule has 5 nitrogen and oxygen atoms in total. The fourth-order valence-corrected chi connectivity index (χ4v) is 4.10. The van der Waals surface area contributed by atoms with Gasteiger partial charge in [-0.05, 0) is 51.7 Å². The smallest absolute Gasteiger partial charge is 0.225 e. The lowest BCUT2D eigenvalue weighted by atomic mass is 9.93. The molecule has 0 aromatic heterocycles. The predicted molar refractivity (Wildman–Crippen MR) is 122 cm³/mol. The Morgan fingerprint density at radius 2 is 1.77 bits per heavy atom. The maximum Gasteiger partial charge on any atom is 0.225 e. The van der Waals surface area contributed by atoms with Crippen LogP contribution in [-0.2, 0) is 16.1 Å². The molecule has 1 atom stereocenters. The van der Waals surface area contributed by atoms with E-state index in [0.717, 1.165) is 33.2 Å². The summed E-state index contributed by atoms with van der Waals surface area (Å²) < 4.78 is 5.29. The molecule has 31 heavy (non-hydrogen) atoms. The Morgan fingerprint density at radius 1 is 1.03 bits per heavy atom. The van der Waals surface area contributed by atoms with Gasteiger partial charge in [-0.3, -0.25) is 9.59 Å². The summed E-state index contributed by atoms with van der Waals surface area (Å²) >= 11 is 0. The van der Waals surface area contributed by atoms with Crippen LogP contribution in [0, 0.1) is 0 Å². The average Bonchev–Trinajstić information content (AvgIpc) is 2.78. The summed E-state index contributed by atoms with van der Waals surface area (Å²) in [6.45, 7) is 2.04. The van der Waals surface area contributed by atoms with E-state index in [-0.39, 0.29) is 24.3 Å². The molecule has 0 spiro atoms. The zero-order chi connectivity index (χ0) is 22.0. The van der Waals surface area contributed by atoms with Crippen LogP contribution in [0.25, 0.3) is 16.8 Å². The van der Waals surface area contributed by atoms with Gasteiger partial charge in [0.2, 0.25) is 11.8 Å². The van der Waals surface area contributed by atoms with E-state index in [1.54, 1.807) is 23.1 Å². The van der Waals surface area contributed by atoms with Crippen LogP contribution in [0.1, 0.15) is 36.1 Å². The fraction of sp³-hybridized carbons (Fsp3) is 0.231. The SMILES string of the molecule is COc1ccc2cc(CN(C)C(=O)C[C@H]3c4ccccc4C=CN3C(C)=O)ccc2c1. The molecular weight excluding hydrogens is 388 g/mol. The molecule has 0 unspecified atom stereocenters. The first kappa shape index (κ1) is 20.7. The van der Waals surface area contributed by atoms with Crippen LogP contribution in [0.15, 0.2) is 66.9 Å². The van der Waals surface area contributed by atoms with Crippen molar-refractivity contribution < 1.29 is 14.3 Å². The lowest BCUT2D eigenvalue weighted by molar-refractivity contribution is -0.134. The van der Waals surface area contributed by atoms with Crippen LogP contribution in [0.3, 0.4) is 0 Å². The number of hydrogen-bond donors (Lipinski definition) is 0. The monoisotopic (exact) mass is 414 g/mol. The third-order valence-electron chi connectivity index (χ3n) is 5.79. The van der Waals surface area contributed by atoms with Crippen LogP contribution in [0.4, 0.5) is 0 Å². The number of amides is 2. The first-order chi connectivity index (χ1) is 15.0. The second-order valence-corrected chi connectivity index (χ2v) is 7.89. The quantitative estimate of drug-likeness (QED) is 0.604. The molecule has 1 aliphatic rings. The second-order valence-electron chi connectivity index (χ2n) is 7.89.